The third kappa shape index (κ3) is 4.24. The lowest BCUT2D eigenvalue weighted by Gasteiger charge is -2.12. The Kier molecular flexibility index (Phi) is 4.73. The van der Waals surface area contributed by atoms with E-state index in [1.54, 1.807) is 36.4 Å². The highest BCUT2D eigenvalue weighted by Gasteiger charge is 2.21. The molecule has 3 N–H and O–H groups in total. The summed E-state index contributed by atoms with van der Waals surface area (Å²) >= 11 is 5.21. The van der Waals surface area contributed by atoms with Crippen LogP contribution in [0.3, 0.4) is 0 Å². The molecule has 126 valence electrons. The number of thiocarbonyl (C=S) groups is 1. The molecular formula is C17H19N3O2S2. The lowest BCUT2D eigenvalue weighted by molar-refractivity contribution is 0.601. The number of aryl methyl sites for hydroxylation is 1. The van der Waals surface area contributed by atoms with E-state index in [1.165, 1.54) is 0 Å². The van der Waals surface area contributed by atoms with Crippen molar-refractivity contribution in [2.24, 2.45) is 0 Å². The lowest BCUT2D eigenvalue weighted by Crippen LogP contribution is -2.30. The predicted molar refractivity (Wildman–Crippen MR) is 101 cm³/mol. The molecule has 7 heteroatoms. The van der Waals surface area contributed by atoms with E-state index in [1.807, 2.05) is 19.1 Å². The maximum absolute atomic E-state index is 12.5. The third-order valence-electron chi connectivity index (χ3n) is 3.72. The van der Waals surface area contributed by atoms with Gasteiger partial charge in [0, 0.05) is 11.7 Å². The SMILES string of the molecule is Cc1ccccc1NS(=O)(=O)c1ccc(NC(=S)NC2CC2)cc1. The van der Waals surface area contributed by atoms with Gasteiger partial charge in [-0.3, -0.25) is 4.72 Å². The maximum atomic E-state index is 12.5. The first-order valence-corrected chi connectivity index (χ1v) is 9.59. The fraction of sp³-hybridized carbons (Fsp3) is 0.235. The quantitative estimate of drug-likeness (QED) is 0.713. The third-order valence-corrected chi connectivity index (χ3v) is 5.33. The van der Waals surface area contributed by atoms with Crippen LogP contribution in [0.2, 0.25) is 0 Å². The van der Waals surface area contributed by atoms with Crippen LogP contribution in [0.25, 0.3) is 0 Å². The Hall–Kier alpha value is -2.12. The molecule has 0 spiro atoms. The van der Waals surface area contributed by atoms with Gasteiger partial charge >= 0.3 is 0 Å². The highest BCUT2D eigenvalue weighted by atomic mass is 32.2. The van der Waals surface area contributed by atoms with Gasteiger partial charge in [0.05, 0.1) is 10.6 Å². The highest BCUT2D eigenvalue weighted by molar-refractivity contribution is 7.92. The fourth-order valence-electron chi connectivity index (χ4n) is 2.19. The van der Waals surface area contributed by atoms with Crippen molar-refractivity contribution in [3.63, 3.8) is 0 Å². The van der Waals surface area contributed by atoms with E-state index in [9.17, 15) is 8.42 Å². The van der Waals surface area contributed by atoms with Gasteiger partial charge in [-0.05, 0) is 67.9 Å². The molecule has 1 saturated carbocycles. The second kappa shape index (κ2) is 6.78. The van der Waals surface area contributed by atoms with Crippen LogP contribution in [0.15, 0.2) is 53.4 Å². The summed E-state index contributed by atoms with van der Waals surface area (Å²) in [6.07, 6.45) is 2.28. The molecule has 0 aliphatic heterocycles. The molecule has 0 heterocycles. The number of sulfonamides is 1. The minimum Gasteiger partial charge on any atom is -0.360 e. The van der Waals surface area contributed by atoms with E-state index in [2.05, 4.69) is 15.4 Å². The number of anilines is 2. The average molecular weight is 361 g/mol. The van der Waals surface area contributed by atoms with Gasteiger partial charge in [-0.2, -0.15) is 0 Å². The van der Waals surface area contributed by atoms with E-state index < -0.39 is 10.0 Å². The molecule has 0 amide bonds. The summed E-state index contributed by atoms with van der Waals surface area (Å²) in [7, 11) is -3.62. The van der Waals surface area contributed by atoms with Crippen molar-refractivity contribution >= 4 is 38.7 Å². The van der Waals surface area contributed by atoms with Crippen LogP contribution in [-0.4, -0.2) is 19.6 Å². The zero-order valence-corrected chi connectivity index (χ0v) is 14.9. The summed E-state index contributed by atoms with van der Waals surface area (Å²) in [4.78, 5) is 0.206. The zero-order valence-electron chi connectivity index (χ0n) is 13.2. The van der Waals surface area contributed by atoms with E-state index in [-0.39, 0.29) is 4.90 Å². The Morgan fingerprint density at radius 3 is 2.38 bits per heavy atom. The van der Waals surface area contributed by atoms with Gasteiger partial charge in [-0.15, -0.1) is 0 Å². The van der Waals surface area contributed by atoms with E-state index in [0.29, 0.717) is 16.8 Å². The Bertz CT molecular complexity index is 844. The monoisotopic (exact) mass is 361 g/mol. The Balaban J connectivity index is 1.69. The normalized spacial score (nSPS) is 14.0. The van der Waals surface area contributed by atoms with E-state index in [0.717, 1.165) is 24.1 Å². The van der Waals surface area contributed by atoms with Gasteiger partial charge < -0.3 is 10.6 Å². The van der Waals surface area contributed by atoms with Gasteiger partial charge in [0.15, 0.2) is 5.11 Å². The molecule has 3 rings (SSSR count). The summed E-state index contributed by atoms with van der Waals surface area (Å²) in [6.45, 7) is 1.86. The van der Waals surface area contributed by atoms with E-state index >= 15 is 0 Å². The van der Waals surface area contributed by atoms with Gasteiger partial charge in [0.25, 0.3) is 10.0 Å². The molecule has 2 aromatic carbocycles. The van der Waals surface area contributed by atoms with Crippen molar-refractivity contribution in [3.05, 3.63) is 54.1 Å². The molecule has 24 heavy (non-hydrogen) atoms. The molecule has 5 nitrogen and oxygen atoms in total. The molecule has 1 aliphatic rings. The number of rotatable bonds is 5. The van der Waals surface area contributed by atoms with Crippen LogP contribution in [0.1, 0.15) is 18.4 Å². The Morgan fingerprint density at radius 1 is 1.08 bits per heavy atom. The summed E-state index contributed by atoms with van der Waals surface area (Å²) in [5.41, 5.74) is 2.20. The molecule has 2 aromatic rings. The first-order valence-electron chi connectivity index (χ1n) is 7.70. The Morgan fingerprint density at radius 2 is 1.75 bits per heavy atom. The molecule has 0 radical (unpaired) electrons. The molecule has 0 bridgehead atoms. The van der Waals surface area contributed by atoms with Gasteiger partial charge in [-0.1, -0.05) is 18.2 Å². The van der Waals surface area contributed by atoms with Crippen molar-refractivity contribution in [3.8, 4) is 0 Å². The van der Waals surface area contributed by atoms with Crippen molar-refractivity contribution in [2.75, 3.05) is 10.0 Å². The first-order chi connectivity index (χ1) is 11.4. The van der Waals surface area contributed by atoms with Crippen LogP contribution in [0, 0.1) is 6.92 Å². The van der Waals surface area contributed by atoms with E-state index in [4.69, 9.17) is 12.2 Å². The van der Waals surface area contributed by atoms with Gasteiger partial charge in [0.1, 0.15) is 0 Å². The smallest absolute Gasteiger partial charge is 0.261 e. The van der Waals surface area contributed by atoms with Crippen molar-refractivity contribution in [1.82, 2.24) is 5.32 Å². The zero-order chi connectivity index (χ0) is 17.2. The predicted octanol–water partition coefficient (Wildman–Crippen LogP) is 3.24. The van der Waals surface area contributed by atoms with Crippen LogP contribution in [0.5, 0.6) is 0 Å². The minimum atomic E-state index is -3.62. The molecule has 0 unspecified atom stereocenters. The molecule has 0 saturated heterocycles. The number of hydrogen-bond acceptors (Lipinski definition) is 3. The Labute approximate surface area is 147 Å². The summed E-state index contributed by atoms with van der Waals surface area (Å²) in [5, 5.41) is 6.79. The molecular weight excluding hydrogens is 342 g/mol. The summed E-state index contributed by atoms with van der Waals surface area (Å²) in [6, 6.07) is 14.3. The van der Waals surface area contributed by atoms with Crippen LogP contribution >= 0.6 is 12.2 Å². The van der Waals surface area contributed by atoms with Crippen molar-refractivity contribution in [1.29, 1.82) is 0 Å². The van der Waals surface area contributed by atoms with Crippen molar-refractivity contribution in [2.45, 2.75) is 30.7 Å². The summed E-state index contributed by atoms with van der Waals surface area (Å²) < 4.78 is 27.6. The summed E-state index contributed by atoms with van der Waals surface area (Å²) in [5.74, 6) is 0. The first kappa shape index (κ1) is 16.7. The molecule has 1 fully saturated rings. The second-order valence-electron chi connectivity index (χ2n) is 5.82. The number of nitrogens with one attached hydrogen (secondary N) is 3. The fourth-order valence-corrected chi connectivity index (χ4v) is 3.60. The number of benzene rings is 2. The lowest BCUT2D eigenvalue weighted by atomic mass is 10.2. The van der Waals surface area contributed by atoms with Crippen LogP contribution < -0.4 is 15.4 Å². The van der Waals surface area contributed by atoms with Gasteiger partial charge in [0.2, 0.25) is 0 Å². The second-order valence-corrected chi connectivity index (χ2v) is 7.91. The molecule has 1 aliphatic carbocycles. The molecule has 0 atom stereocenters. The molecule has 0 aromatic heterocycles. The largest absolute Gasteiger partial charge is 0.360 e. The van der Waals surface area contributed by atoms with Crippen LogP contribution in [0.4, 0.5) is 11.4 Å². The average Bonchev–Trinajstić information content (AvgIpc) is 3.34. The standard InChI is InChI=1S/C17H19N3O2S2/c1-12-4-2-3-5-16(12)20-24(21,22)15-10-8-14(9-11-15)19-17(23)18-13-6-7-13/h2-5,8-11,13,20H,6-7H2,1H3,(H2,18,19,23). The minimum absolute atomic E-state index is 0.206. The maximum Gasteiger partial charge on any atom is 0.261 e. The topological polar surface area (TPSA) is 70.2 Å². The van der Waals surface area contributed by atoms with Gasteiger partial charge in [-0.25, -0.2) is 8.42 Å². The number of para-hydroxylation sites is 1. The van der Waals surface area contributed by atoms with Crippen molar-refractivity contribution < 1.29 is 8.42 Å². The number of hydrogen-bond donors (Lipinski definition) is 3. The van der Waals surface area contributed by atoms with Crippen LogP contribution in [-0.2, 0) is 10.0 Å². The highest BCUT2D eigenvalue weighted by Crippen LogP contribution is 2.21.